The van der Waals surface area contributed by atoms with Crippen LogP contribution in [0.1, 0.15) is 16.7 Å². The van der Waals surface area contributed by atoms with Crippen molar-refractivity contribution in [1.82, 2.24) is 5.32 Å². The molecule has 0 aliphatic rings. The zero-order valence-electron chi connectivity index (χ0n) is 16.0. The van der Waals surface area contributed by atoms with Crippen LogP contribution in [0.2, 0.25) is 0 Å². The molecular formula is C20H28N2O4S. The second-order valence-electron chi connectivity index (χ2n) is 6.74. The summed E-state index contributed by atoms with van der Waals surface area (Å²) in [6.45, 7) is 5.60. The van der Waals surface area contributed by atoms with E-state index in [0.717, 1.165) is 19.2 Å². The summed E-state index contributed by atoms with van der Waals surface area (Å²) in [4.78, 5) is 0. The maximum Gasteiger partial charge on any atom is 0.229 e. The molecule has 2 aromatic carbocycles. The van der Waals surface area contributed by atoms with Gasteiger partial charge in [-0.2, -0.15) is 0 Å². The van der Waals surface area contributed by atoms with Crippen LogP contribution in [-0.2, 0) is 16.4 Å². The van der Waals surface area contributed by atoms with E-state index in [2.05, 4.69) is 42.1 Å². The van der Waals surface area contributed by atoms with Gasteiger partial charge < -0.3 is 15.2 Å². The first-order valence-electron chi connectivity index (χ1n) is 8.88. The number of ether oxygens (including phenoxy) is 1. The van der Waals surface area contributed by atoms with Crippen LogP contribution in [0.3, 0.4) is 0 Å². The SMILES string of the molecule is Cc1ccc(CCNC[C@H](O)COc2ccc(NS(C)(=O)=O)cc2)cc1C. The molecule has 0 amide bonds. The molecule has 0 unspecified atom stereocenters. The lowest BCUT2D eigenvalue weighted by atomic mass is 10.0. The largest absolute Gasteiger partial charge is 0.491 e. The Hall–Kier alpha value is -2.09. The molecule has 7 heteroatoms. The van der Waals surface area contributed by atoms with E-state index in [9.17, 15) is 13.5 Å². The van der Waals surface area contributed by atoms with Crippen molar-refractivity contribution in [2.45, 2.75) is 26.4 Å². The maximum absolute atomic E-state index is 11.2. The molecule has 6 nitrogen and oxygen atoms in total. The molecule has 27 heavy (non-hydrogen) atoms. The highest BCUT2D eigenvalue weighted by molar-refractivity contribution is 7.92. The van der Waals surface area contributed by atoms with Gasteiger partial charge in [0.15, 0.2) is 0 Å². The molecule has 3 N–H and O–H groups in total. The summed E-state index contributed by atoms with van der Waals surface area (Å²) in [5.74, 6) is 0.572. The average Bonchev–Trinajstić information content (AvgIpc) is 2.60. The van der Waals surface area contributed by atoms with Crippen molar-refractivity contribution in [1.29, 1.82) is 0 Å². The van der Waals surface area contributed by atoms with E-state index >= 15 is 0 Å². The van der Waals surface area contributed by atoms with E-state index in [1.807, 2.05) is 0 Å². The molecule has 148 valence electrons. The number of benzene rings is 2. The summed E-state index contributed by atoms with van der Waals surface area (Å²) < 4.78 is 30.2. The smallest absolute Gasteiger partial charge is 0.229 e. The van der Waals surface area contributed by atoms with Gasteiger partial charge in [0, 0.05) is 12.2 Å². The maximum atomic E-state index is 11.2. The topological polar surface area (TPSA) is 87.7 Å². The minimum atomic E-state index is -3.29. The minimum absolute atomic E-state index is 0.162. The average molecular weight is 393 g/mol. The second-order valence-corrected chi connectivity index (χ2v) is 8.48. The number of hydrogen-bond acceptors (Lipinski definition) is 5. The number of aliphatic hydroxyl groups is 1. The van der Waals surface area contributed by atoms with E-state index in [1.165, 1.54) is 16.7 Å². The van der Waals surface area contributed by atoms with Gasteiger partial charge in [-0.05, 0) is 67.8 Å². The normalized spacial score (nSPS) is 12.6. The zero-order chi connectivity index (χ0) is 19.9. The molecule has 2 aromatic rings. The van der Waals surface area contributed by atoms with E-state index in [-0.39, 0.29) is 6.61 Å². The van der Waals surface area contributed by atoms with E-state index in [4.69, 9.17) is 4.74 Å². The Balaban J connectivity index is 1.67. The fourth-order valence-electron chi connectivity index (χ4n) is 2.55. The summed E-state index contributed by atoms with van der Waals surface area (Å²) in [5.41, 5.74) is 4.33. The third kappa shape index (κ3) is 7.99. The first-order chi connectivity index (χ1) is 12.7. The lowest BCUT2D eigenvalue weighted by molar-refractivity contribution is 0.106. The van der Waals surface area contributed by atoms with Gasteiger partial charge in [0.05, 0.1) is 6.26 Å². The fraction of sp³-hybridized carbons (Fsp3) is 0.400. The van der Waals surface area contributed by atoms with Crippen molar-refractivity contribution in [2.75, 3.05) is 30.7 Å². The van der Waals surface area contributed by atoms with Crippen LogP contribution in [0.25, 0.3) is 0 Å². The van der Waals surface area contributed by atoms with Crippen LogP contribution >= 0.6 is 0 Å². The lowest BCUT2D eigenvalue weighted by Crippen LogP contribution is -2.32. The van der Waals surface area contributed by atoms with Crippen molar-refractivity contribution in [3.05, 3.63) is 59.2 Å². The number of sulfonamides is 1. The number of aliphatic hydroxyl groups excluding tert-OH is 1. The predicted octanol–water partition coefficient (Wildman–Crippen LogP) is 2.25. The second kappa shape index (κ2) is 9.73. The lowest BCUT2D eigenvalue weighted by Gasteiger charge is -2.14. The summed E-state index contributed by atoms with van der Waals surface area (Å²) in [6, 6.07) is 13.0. The van der Waals surface area contributed by atoms with Crippen LogP contribution in [0, 0.1) is 13.8 Å². The number of anilines is 1. The van der Waals surface area contributed by atoms with E-state index in [1.54, 1.807) is 24.3 Å². The molecule has 0 heterocycles. The molecule has 0 saturated carbocycles. The molecule has 0 aromatic heterocycles. The van der Waals surface area contributed by atoms with Crippen molar-refractivity contribution < 1.29 is 18.3 Å². The number of hydrogen-bond donors (Lipinski definition) is 3. The van der Waals surface area contributed by atoms with E-state index in [0.29, 0.717) is 18.0 Å². The Morgan fingerprint density at radius 3 is 2.41 bits per heavy atom. The molecular weight excluding hydrogens is 364 g/mol. The van der Waals surface area contributed by atoms with Gasteiger partial charge in [-0.1, -0.05) is 18.2 Å². The van der Waals surface area contributed by atoms with Crippen LogP contribution in [0.15, 0.2) is 42.5 Å². The molecule has 0 aliphatic carbocycles. The summed E-state index contributed by atoms with van der Waals surface area (Å²) >= 11 is 0. The van der Waals surface area contributed by atoms with Crippen LogP contribution in [0.4, 0.5) is 5.69 Å². The van der Waals surface area contributed by atoms with Gasteiger partial charge in [0.2, 0.25) is 10.0 Å². The molecule has 0 spiro atoms. The molecule has 0 bridgehead atoms. The third-order valence-corrected chi connectivity index (χ3v) is 4.75. The van der Waals surface area contributed by atoms with E-state index < -0.39 is 16.1 Å². The monoisotopic (exact) mass is 392 g/mol. The Bertz CT molecular complexity index is 836. The van der Waals surface area contributed by atoms with Crippen molar-refractivity contribution in [3.8, 4) is 5.75 Å². The highest BCUT2D eigenvalue weighted by Crippen LogP contribution is 2.16. The van der Waals surface area contributed by atoms with Crippen molar-refractivity contribution >= 4 is 15.7 Å². The van der Waals surface area contributed by atoms with Gasteiger partial charge >= 0.3 is 0 Å². The predicted molar refractivity (Wildman–Crippen MR) is 109 cm³/mol. The van der Waals surface area contributed by atoms with Gasteiger partial charge in [0.1, 0.15) is 18.5 Å². The van der Waals surface area contributed by atoms with Crippen LogP contribution in [-0.4, -0.2) is 45.6 Å². The number of aryl methyl sites for hydroxylation is 2. The number of nitrogens with one attached hydrogen (secondary N) is 2. The Kier molecular flexibility index (Phi) is 7.65. The first kappa shape index (κ1) is 21.2. The minimum Gasteiger partial charge on any atom is -0.491 e. The molecule has 0 radical (unpaired) electrons. The number of rotatable bonds is 10. The standard InChI is InChI=1S/C20H28N2O4S/c1-15-4-5-17(12-16(15)2)10-11-21-13-19(23)14-26-20-8-6-18(7-9-20)22-27(3,24)25/h4-9,12,19,21-23H,10-11,13-14H2,1-3H3/t19-/m0/s1. The summed E-state index contributed by atoms with van der Waals surface area (Å²) in [5, 5.41) is 13.2. The Labute approximate surface area is 161 Å². The van der Waals surface area contributed by atoms with Crippen LogP contribution < -0.4 is 14.8 Å². The highest BCUT2D eigenvalue weighted by Gasteiger charge is 2.06. The molecule has 0 fully saturated rings. The van der Waals surface area contributed by atoms with Gasteiger partial charge in [0.25, 0.3) is 0 Å². The van der Waals surface area contributed by atoms with Gasteiger partial charge in [-0.15, -0.1) is 0 Å². The summed E-state index contributed by atoms with van der Waals surface area (Å²) in [6.07, 6.45) is 1.38. The first-order valence-corrected chi connectivity index (χ1v) is 10.8. The molecule has 0 aliphatic heterocycles. The quantitative estimate of drug-likeness (QED) is 0.540. The van der Waals surface area contributed by atoms with Gasteiger partial charge in [-0.25, -0.2) is 8.42 Å². The van der Waals surface area contributed by atoms with Gasteiger partial charge in [-0.3, -0.25) is 4.72 Å². The summed E-state index contributed by atoms with van der Waals surface area (Å²) in [7, 11) is -3.29. The Morgan fingerprint density at radius 1 is 1.07 bits per heavy atom. The van der Waals surface area contributed by atoms with Crippen molar-refractivity contribution in [2.24, 2.45) is 0 Å². The Morgan fingerprint density at radius 2 is 1.78 bits per heavy atom. The highest BCUT2D eigenvalue weighted by atomic mass is 32.2. The van der Waals surface area contributed by atoms with Crippen LogP contribution in [0.5, 0.6) is 5.75 Å². The zero-order valence-corrected chi connectivity index (χ0v) is 16.8. The fourth-order valence-corrected chi connectivity index (χ4v) is 3.11. The molecule has 1 atom stereocenters. The van der Waals surface area contributed by atoms with Crippen molar-refractivity contribution in [3.63, 3.8) is 0 Å². The molecule has 0 saturated heterocycles. The third-order valence-electron chi connectivity index (χ3n) is 4.14. The molecule has 2 rings (SSSR count).